The fourth-order valence-electron chi connectivity index (χ4n) is 3.77. The minimum Gasteiger partial charge on any atom is -0.379 e. The van der Waals surface area contributed by atoms with Crippen LogP contribution in [-0.2, 0) is 25.6 Å². The summed E-state index contributed by atoms with van der Waals surface area (Å²) >= 11 is 0. The average molecular weight is 404 g/mol. The molecule has 2 fully saturated rings. The Labute approximate surface area is 168 Å². The van der Waals surface area contributed by atoms with Crippen LogP contribution in [0.1, 0.15) is 24.0 Å². The zero-order valence-corrected chi connectivity index (χ0v) is 17.6. The van der Waals surface area contributed by atoms with Gasteiger partial charge in [-0.3, -0.25) is 9.08 Å². The Kier molecular flexibility index (Phi) is 6.55. The highest BCUT2D eigenvalue weighted by Crippen LogP contribution is 2.53. The average Bonchev–Trinajstić information content (AvgIpc) is 3.39. The summed E-state index contributed by atoms with van der Waals surface area (Å²) in [4.78, 5) is 2.73. The number of aryl methyl sites for hydroxylation is 1. The summed E-state index contributed by atoms with van der Waals surface area (Å²) in [7, 11) is -0.509. The number of methoxy groups -OCH3 is 1. The van der Waals surface area contributed by atoms with E-state index in [0.29, 0.717) is 11.5 Å². The highest BCUT2D eigenvalue weighted by molar-refractivity contribution is 7.86. The summed E-state index contributed by atoms with van der Waals surface area (Å²) in [6.07, 6.45) is 3.18. The molecule has 0 N–H and O–H groups in total. The van der Waals surface area contributed by atoms with E-state index < -0.39 is 10.1 Å². The lowest BCUT2D eigenvalue weighted by Gasteiger charge is -2.15. The van der Waals surface area contributed by atoms with Crippen molar-refractivity contribution in [1.29, 1.82) is 0 Å². The Hall–Kier alpha value is -1.73. The first-order valence-electron chi connectivity index (χ1n) is 9.55. The van der Waals surface area contributed by atoms with Gasteiger partial charge in [-0.1, -0.05) is 48.0 Å². The van der Waals surface area contributed by atoms with Crippen LogP contribution in [0, 0.1) is 12.3 Å². The third kappa shape index (κ3) is 5.00. The minimum atomic E-state index is -3.51. The molecule has 1 spiro atoms. The molecule has 5 nitrogen and oxygen atoms in total. The van der Waals surface area contributed by atoms with Gasteiger partial charge in [-0.05, 0) is 37.5 Å². The molecule has 152 valence electrons. The Balaban J connectivity index is 0.000000169. The molecule has 4 rings (SSSR count). The zero-order valence-electron chi connectivity index (χ0n) is 16.8. The van der Waals surface area contributed by atoms with E-state index in [-0.39, 0.29) is 4.90 Å². The Morgan fingerprint density at radius 3 is 2.18 bits per heavy atom. The van der Waals surface area contributed by atoms with Crippen LogP contribution in [0.5, 0.6) is 0 Å². The van der Waals surface area contributed by atoms with Crippen LogP contribution >= 0.6 is 0 Å². The molecule has 0 amide bonds. The summed E-state index contributed by atoms with van der Waals surface area (Å²) in [5.74, 6) is 0. The lowest BCUT2D eigenvalue weighted by Crippen LogP contribution is -2.23. The van der Waals surface area contributed by atoms with Crippen LogP contribution in [0.15, 0.2) is 59.5 Å². The Morgan fingerprint density at radius 1 is 1.04 bits per heavy atom. The first-order valence-corrected chi connectivity index (χ1v) is 11.0. The first-order chi connectivity index (χ1) is 13.4. The van der Waals surface area contributed by atoms with Gasteiger partial charge in [-0.15, -0.1) is 0 Å². The van der Waals surface area contributed by atoms with Gasteiger partial charge in [0.15, 0.2) is 0 Å². The van der Waals surface area contributed by atoms with Crippen molar-refractivity contribution in [1.82, 2.24) is 4.90 Å². The SMILES string of the molecule is COC1CN(Cc2ccccc2)CC12CC2.COS(=O)(=O)c1ccc(C)cc1. The highest BCUT2D eigenvalue weighted by atomic mass is 32.2. The molecule has 2 aromatic carbocycles. The van der Waals surface area contributed by atoms with Crippen molar-refractivity contribution >= 4 is 10.1 Å². The molecule has 28 heavy (non-hydrogen) atoms. The van der Waals surface area contributed by atoms with Crippen molar-refractivity contribution in [3.8, 4) is 0 Å². The maximum absolute atomic E-state index is 11.1. The molecule has 1 aliphatic carbocycles. The number of rotatable bonds is 5. The number of nitrogens with zero attached hydrogens (tertiary/aromatic N) is 1. The van der Waals surface area contributed by atoms with Crippen molar-refractivity contribution in [2.24, 2.45) is 5.41 Å². The van der Waals surface area contributed by atoms with Gasteiger partial charge in [-0.2, -0.15) is 8.42 Å². The fraction of sp³-hybridized carbons (Fsp3) is 0.455. The number of likely N-dealkylation sites (tertiary alicyclic amines) is 1. The lowest BCUT2D eigenvalue weighted by atomic mass is 10.0. The predicted octanol–water partition coefficient (Wildman–Crippen LogP) is 3.63. The number of hydrogen-bond donors (Lipinski definition) is 0. The zero-order chi connectivity index (χ0) is 20.2. The molecule has 2 aliphatic rings. The standard InChI is InChI=1S/C14H19NO.C8H10O3S/c1-16-13-10-15(11-14(13)7-8-14)9-12-5-3-2-4-6-12;1-7-3-5-8(6-4-7)12(9,10)11-2/h2-6,13H,7-11H2,1H3;3-6H,1-2H3. The smallest absolute Gasteiger partial charge is 0.296 e. The first kappa shape index (κ1) is 21.0. The van der Waals surface area contributed by atoms with Crippen LogP contribution in [0.2, 0.25) is 0 Å². The monoisotopic (exact) mass is 403 g/mol. The number of hydrogen-bond acceptors (Lipinski definition) is 5. The van der Waals surface area contributed by atoms with Crippen LogP contribution in [0.25, 0.3) is 0 Å². The minimum absolute atomic E-state index is 0.190. The van der Waals surface area contributed by atoms with Crippen molar-refractivity contribution in [3.05, 3.63) is 65.7 Å². The molecule has 1 aliphatic heterocycles. The molecule has 2 aromatic rings. The van der Waals surface area contributed by atoms with Crippen molar-refractivity contribution in [3.63, 3.8) is 0 Å². The molecule has 1 saturated heterocycles. The molecule has 0 radical (unpaired) electrons. The highest BCUT2D eigenvalue weighted by Gasteiger charge is 2.55. The summed E-state index contributed by atoms with van der Waals surface area (Å²) in [6.45, 7) is 5.29. The van der Waals surface area contributed by atoms with Crippen LogP contribution in [-0.4, -0.2) is 46.7 Å². The summed E-state index contributed by atoms with van der Waals surface area (Å²) in [6, 6.07) is 17.2. The van der Waals surface area contributed by atoms with E-state index >= 15 is 0 Å². The van der Waals surface area contributed by atoms with Crippen LogP contribution in [0.4, 0.5) is 0 Å². The van der Waals surface area contributed by atoms with Gasteiger partial charge in [0.05, 0.1) is 18.1 Å². The fourth-order valence-corrected chi connectivity index (χ4v) is 4.43. The van der Waals surface area contributed by atoms with Gasteiger partial charge in [0.25, 0.3) is 10.1 Å². The van der Waals surface area contributed by atoms with Gasteiger partial charge in [0, 0.05) is 32.2 Å². The summed E-state index contributed by atoms with van der Waals surface area (Å²) in [5, 5.41) is 0. The third-order valence-corrected chi connectivity index (χ3v) is 6.89. The summed E-state index contributed by atoms with van der Waals surface area (Å²) in [5.41, 5.74) is 2.95. The number of ether oxygens (including phenoxy) is 1. The van der Waals surface area contributed by atoms with E-state index in [1.807, 2.05) is 14.0 Å². The molecule has 1 heterocycles. The van der Waals surface area contributed by atoms with Gasteiger partial charge in [-0.25, -0.2) is 0 Å². The van der Waals surface area contributed by atoms with E-state index in [0.717, 1.165) is 25.8 Å². The van der Waals surface area contributed by atoms with E-state index in [4.69, 9.17) is 4.74 Å². The quantitative estimate of drug-likeness (QED) is 0.714. The Morgan fingerprint density at radius 2 is 1.68 bits per heavy atom. The topological polar surface area (TPSA) is 55.8 Å². The second-order valence-electron chi connectivity index (χ2n) is 7.68. The van der Waals surface area contributed by atoms with E-state index in [9.17, 15) is 8.42 Å². The lowest BCUT2D eigenvalue weighted by molar-refractivity contribution is 0.0696. The molecule has 1 saturated carbocycles. The van der Waals surface area contributed by atoms with Crippen LogP contribution in [0.3, 0.4) is 0 Å². The molecule has 1 unspecified atom stereocenters. The molecular weight excluding hydrogens is 374 g/mol. The molecule has 6 heteroatoms. The van der Waals surface area contributed by atoms with E-state index in [2.05, 4.69) is 39.4 Å². The van der Waals surface area contributed by atoms with Crippen molar-refractivity contribution < 1.29 is 17.3 Å². The Bertz CT molecular complexity index is 861. The maximum Gasteiger partial charge on any atom is 0.296 e. The van der Waals surface area contributed by atoms with Gasteiger partial charge in [0.1, 0.15) is 0 Å². The van der Waals surface area contributed by atoms with E-state index in [1.54, 1.807) is 12.1 Å². The van der Waals surface area contributed by atoms with Gasteiger partial charge >= 0.3 is 0 Å². The summed E-state index contributed by atoms with van der Waals surface area (Å²) < 4.78 is 32.1. The normalized spacial score (nSPS) is 20.6. The van der Waals surface area contributed by atoms with Crippen molar-refractivity contribution in [2.75, 3.05) is 27.3 Å². The van der Waals surface area contributed by atoms with Gasteiger partial charge in [0.2, 0.25) is 0 Å². The van der Waals surface area contributed by atoms with E-state index in [1.165, 1.54) is 37.1 Å². The second kappa shape index (κ2) is 8.74. The predicted molar refractivity (Wildman–Crippen MR) is 110 cm³/mol. The molecular formula is C22H29NO4S. The molecule has 1 atom stereocenters. The molecule has 0 aromatic heterocycles. The molecule has 0 bridgehead atoms. The number of benzene rings is 2. The second-order valence-corrected chi connectivity index (χ2v) is 9.39. The third-order valence-electron chi connectivity index (χ3n) is 5.60. The van der Waals surface area contributed by atoms with Crippen molar-refractivity contribution in [2.45, 2.75) is 37.3 Å². The largest absolute Gasteiger partial charge is 0.379 e. The van der Waals surface area contributed by atoms with Gasteiger partial charge < -0.3 is 4.74 Å². The van der Waals surface area contributed by atoms with Crippen LogP contribution < -0.4 is 0 Å². The maximum atomic E-state index is 11.1.